The van der Waals surface area contributed by atoms with Crippen molar-refractivity contribution in [3.63, 3.8) is 0 Å². The van der Waals surface area contributed by atoms with Crippen LogP contribution in [0.3, 0.4) is 0 Å². The van der Waals surface area contributed by atoms with Crippen LogP contribution in [0.5, 0.6) is 0 Å². The maximum atomic E-state index is 10.3. The Labute approximate surface area is 59.8 Å². The van der Waals surface area contributed by atoms with Crippen LogP contribution in [0.4, 0.5) is 0 Å². The van der Waals surface area contributed by atoms with Gasteiger partial charge in [0.25, 0.3) is 0 Å². The highest BCUT2D eigenvalue weighted by Gasteiger charge is 2.20. The zero-order valence-corrected chi connectivity index (χ0v) is 5.88. The molecule has 0 radical (unpaired) electrons. The Morgan fingerprint density at radius 3 is 3.00 bits per heavy atom. The van der Waals surface area contributed by atoms with Crippen LogP contribution < -0.4 is 5.32 Å². The lowest BCUT2D eigenvalue weighted by molar-refractivity contribution is -0.520. The number of hydrogen-bond donors (Lipinski definition) is 1. The molecule has 1 unspecified atom stereocenters. The normalized spacial score (nSPS) is 27.4. The fraction of sp³-hybridized carbons (Fsp3) is 1.00. The van der Waals surface area contributed by atoms with Gasteiger partial charge in [-0.25, -0.2) is 0 Å². The minimum atomic E-state index is -0.345. The van der Waals surface area contributed by atoms with E-state index in [0.717, 1.165) is 25.8 Å². The third-order valence-electron chi connectivity index (χ3n) is 1.82. The molecule has 10 heavy (non-hydrogen) atoms. The summed E-state index contributed by atoms with van der Waals surface area (Å²) in [5.41, 5.74) is 0. The van der Waals surface area contributed by atoms with Crippen molar-refractivity contribution in [3.8, 4) is 0 Å². The second-order valence-corrected chi connectivity index (χ2v) is 2.64. The Kier molecular flexibility index (Phi) is 2.62. The zero-order chi connectivity index (χ0) is 7.40. The summed E-state index contributed by atoms with van der Waals surface area (Å²) in [5, 5.41) is 13.3. The summed E-state index contributed by atoms with van der Waals surface area (Å²) in [4.78, 5) is 10.1. The smallest absolute Gasteiger partial charge is 0.225 e. The maximum absolute atomic E-state index is 10.3. The topological polar surface area (TPSA) is 55.2 Å². The average Bonchev–Trinajstić information content (AvgIpc) is 2.12. The second-order valence-electron chi connectivity index (χ2n) is 2.64. The summed E-state index contributed by atoms with van der Waals surface area (Å²) in [6, 6.07) is -0.345. The van der Waals surface area contributed by atoms with Crippen LogP contribution in [-0.2, 0) is 0 Å². The van der Waals surface area contributed by atoms with E-state index in [9.17, 15) is 10.1 Å². The molecule has 0 spiro atoms. The monoisotopic (exact) mass is 144 g/mol. The highest BCUT2D eigenvalue weighted by Crippen LogP contribution is 2.05. The van der Waals surface area contributed by atoms with Crippen molar-refractivity contribution in [2.45, 2.75) is 25.3 Å². The molecule has 1 aliphatic heterocycles. The van der Waals surface area contributed by atoms with Crippen LogP contribution in [0.25, 0.3) is 0 Å². The summed E-state index contributed by atoms with van der Waals surface area (Å²) in [6.45, 7) is 1.48. The van der Waals surface area contributed by atoms with Crippen molar-refractivity contribution >= 4 is 0 Å². The molecule has 0 amide bonds. The van der Waals surface area contributed by atoms with Crippen molar-refractivity contribution in [1.82, 2.24) is 5.32 Å². The van der Waals surface area contributed by atoms with Gasteiger partial charge in [0.2, 0.25) is 6.04 Å². The largest absolute Gasteiger partial charge is 0.310 e. The molecule has 1 saturated heterocycles. The van der Waals surface area contributed by atoms with Crippen molar-refractivity contribution in [2.75, 3.05) is 13.1 Å². The highest BCUT2D eigenvalue weighted by molar-refractivity contribution is 4.65. The van der Waals surface area contributed by atoms with Gasteiger partial charge in [-0.15, -0.1) is 0 Å². The fourth-order valence-electron chi connectivity index (χ4n) is 1.18. The molecule has 58 valence electrons. The standard InChI is InChI=1S/C6H12N2O2/c9-8(10)6-3-1-2-4-7-5-6/h6-7H,1-5H2. The zero-order valence-electron chi connectivity index (χ0n) is 5.88. The van der Waals surface area contributed by atoms with Crippen LogP contribution in [0.2, 0.25) is 0 Å². The molecule has 1 atom stereocenters. The van der Waals surface area contributed by atoms with Crippen LogP contribution in [-0.4, -0.2) is 24.1 Å². The van der Waals surface area contributed by atoms with Gasteiger partial charge in [-0.05, 0) is 19.4 Å². The first-order chi connectivity index (χ1) is 4.80. The van der Waals surface area contributed by atoms with Gasteiger partial charge in [-0.2, -0.15) is 0 Å². The van der Waals surface area contributed by atoms with E-state index < -0.39 is 0 Å². The average molecular weight is 144 g/mol. The van der Waals surface area contributed by atoms with Gasteiger partial charge in [0.05, 0.1) is 6.54 Å². The van der Waals surface area contributed by atoms with Crippen LogP contribution >= 0.6 is 0 Å². The summed E-state index contributed by atoms with van der Waals surface area (Å²) < 4.78 is 0. The van der Waals surface area contributed by atoms with Gasteiger partial charge >= 0.3 is 0 Å². The number of hydrogen-bond acceptors (Lipinski definition) is 3. The number of nitrogens with zero attached hydrogens (tertiary/aromatic N) is 1. The van der Waals surface area contributed by atoms with Crippen molar-refractivity contribution in [3.05, 3.63) is 10.1 Å². The molecule has 0 bridgehead atoms. The van der Waals surface area contributed by atoms with E-state index in [4.69, 9.17) is 0 Å². The molecular formula is C6H12N2O2. The van der Waals surface area contributed by atoms with Crippen molar-refractivity contribution in [1.29, 1.82) is 0 Å². The van der Waals surface area contributed by atoms with Crippen LogP contribution in [0.1, 0.15) is 19.3 Å². The first kappa shape index (κ1) is 7.47. The molecule has 0 aromatic heterocycles. The fourth-order valence-corrected chi connectivity index (χ4v) is 1.18. The van der Waals surface area contributed by atoms with E-state index in [1.807, 2.05) is 0 Å². The maximum Gasteiger partial charge on any atom is 0.225 e. The van der Waals surface area contributed by atoms with Gasteiger partial charge in [0, 0.05) is 11.3 Å². The third kappa shape index (κ3) is 1.95. The Hall–Kier alpha value is -0.640. The summed E-state index contributed by atoms with van der Waals surface area (Å²) in [6.07, 6.45) is 2.79. The minimum Gasteiger partial charge on any atom is -0.310 e. The molecular weight excluding hydrogens is 132 g/mol. The van der Waals surface area contributed by atoms with Crippen molar-refractivity contribution < 1.29 is 4.92 Å². The van der Waals surface area contributed by atoms with Gasteiger partial charge in [0.15, 0.2) is 0 Å². The number of rotatable bonds is 1. The molecule has 1 N–H and O–H groups in total. The van der Waals surface area contributed by atoms with E-state index in [1.54, 1.807) is 0 Å². The van der Waals surface area contributed by atoms with E-state index in [0.29, 0.717) is 6.54 Å². The lowest BCUT2D eigenvalue weighted by atomic mass is 10.1. The molecule has 0 saturated carbocycles. The van der Waals surface area contributed by atoms with Gasteiger partial charge in [-0.3, -0.25) is 10.1 Å². The van der Waals surface area contributed by atoms with Crippen LogP contribution in [0, 0.1) is 10.1 Å². The predicted molar refractivity (Wildman–Crippen MR) is 37.5 cm³/mol. The molecule has 1 heterocycles. The summed E-state index contributed by atoms with van der Waals surface area (Å²) >= 11 is 0. The highest BCUT2D eigenvalue weighted by atomic mass is 16.6. The Balaban J connectivity index is 2.35. The quantitative estimate of drug-likeness (QED) is 0.428. The van der Waals surface area contributed by atoms with E-state index >= 15 is 0 Å². The molecule has 0 aromatic carbocycles. The molecule has 1 fully saturated rings. The third-order valence-corrected chi connectivity index (χ3v) is 1.82. The summed E-state index contributed by atoms with van der Waals surface area (Å²) in [5.74, 6) is 0. The first-order valence-corrected chi connectivity index (χ1v) is 3.65. The number of nitrogens with one attached hydrogen (secondary N) is 1. The molecule has 4 heteroatoms. The first-order valence-electron chi connectivity index (χ1n) is 3.65. The van der Waals surface area contributed by atoms with Gasteiger partial charge in [0.1, 0.15) is 0 Å². The minimum absolute atomic E-state index is 0.182. The molecule has 1 aliphatic rings. The van der Waals surface area contributed by atoms with Crippen LogP contribution in [0.15, 0.2) is 0 Å². The molecule has 0 aliphatic carbocycles. The van der Waals surface area contributed by atoms with E-state index in [1.165, 1.54) is 0 Å². The Morgan fingerprint density at radius 2 is 2.30 bits per heavy atom. The Bertz CT molecular complexity index is 119. The molecule has 1 rings (SSSR count). The summed E-state index contributed by atoms with van der Waals surface area (Å²) in [7, 11) is 0. The Morgan fingerprint density at radius 1 is 1.50 bits per heavy atom. The van der Waals surface area contributed by atoms with Crippen molar-refractivity contribution in [2.24, 2.45) is 0 Å². The van der Waals surface area contributed by atoms with E-state index in [2.05, 4.69) is 5.32 Å². The predicted octanol–water partition coefficient (Wildman–Crippen LogP) is 0.405. The number of nitro groups is 1. The SMILES string of the molecule is O=[N+]([O-])C1CCCCNC1. The lowest BCUT2D eigenvalue weighted by Crippen LogP contribution is -2.30. The molecule has 4 nitrogen and oxygen atoms in total. The second kappa shape index (κ2) is 3.51. The van der Waals surface area contributed by atoms with Gasteiger partial charge in [-0.1, -0.05) is 0 Å². The van der Waals surface area contributed by atoms with E-state index in [-0.39, 0.29) is 11.0 Å². The van der Waals surface area contributed by atoms with Gasteiger partial charge < -0.3 is 5.32 Å². The molecule has 0 aromatic rings. The lowest BCUT2D eigenvalue weighted by Gasteiger charge is -2.03.